The summed E-state index contributed by atoms with van der Waals surface area (Å²) in [5.41, 5.74) is -0.488. The minimum atomic E-state index is -4.37. The third-order valence-electron chi connectivity index (χ3n) is 4.05. The number of hydrogen-bond donors (Lipinski definition) is 2. The van der Waals surface area contributed by atoms with Crippen LogP contribution in [0, 0.1) is 0 Å². The van der Waals surface area contributed by atoms with Crippen LogP contribution in [0.15, 0.2) is 48.5 Å². The number of carbonyl (C=O) groups excluding carboxylic acids is 2. The van der Waals surface area contributed by atoms with Gasteiger partial charge in [-0.25, -0.2) is 4.79 Å². The van der Waals surface area contributed by atoms with Crippen molar-refractivity contribution in [1.82, 2.24) is 10.6 Å². The third-order valence-corrected chi connectivity index (χ3v) is 4.05. The molecule has 0 saturated carbocycles. The van der Waals surface area contributed by atoms with Crippen LogP contribution in [0.5, 0.6) is 5.75 Å². The van der Waals surface area contributed by atoms with Crippen molar-refractivity contribution in [2.45, 2.75) is 18.6 Å². The van der Waals surface area contributed by atoms with Crippen LogP contribution in [-0.4, -0.2) is 24.1 Å². The van der Waals surface area contributed by atoms with Gasteiger partial charge in [-0.2, -0.15) is 13.2 Å². The molecule has 1 heterocycles. The highest BCUT2D eigenvalue weighted by Gasteiger charge is 2.42. The van der Waals surface area contributed by atoms with Crippen molar-refractivity contribution in [2.24, 2.45) is 0 Å². The molecule has 136 valence electrons. The second-order valence-corrected chi connectivity index (χ2v) is 6.13. The van der Waals surface area contributed by atoms with E-state index in [0.29, 0.717) is 11.3 Å². The Kier molecular flexibility index (Phi) is 4.35. The fourth-order valence-corrected chi connectivity index (χ4v) is 2.50. The molecule has 1 aliphatic rings. The minimum Gasteiger partial charge on any atom is -0.491 e. The molecule has 1 fully saturated rings. The molecule has 0 aliphatic carbocycles. The molecule has 1 unspecified atom stereocenters. The summed E-state index contributed by atoms with van der Waals surface area (Å²) in [5.74, 6) is -0.000268. The fraction of sp³-hybridized carbons (Fsp3) is 0.222. The lowest BCUT2D eigenvalue weighted by Crippen LogP contribution is -2.48. The van der Waals surface area contributed by atoms with Gasteiger partial charge in [-0.3, -0.25) is 10.1 Å². The molecule has 5 nitrogen and oxygen atoms in total. The average molecular weight is 364 g/mol. The fourth-order valence-electron chi connectivity index (χ4n) is 2.50. The van der Waals surface area contributed by atoms with E-state index in [9.17, 15) is 22.8 Å². The Balaban J connectivity index is 1.67. The van der Waals surface area contributed by atoms with Gasteiger partial charge >= 0.3 is 12.2 Å². The van der Waals surface area contributed by atoms with E-state index < -0.39 is 29.2 Å². The lowest BCUT2D eigenvalue weighted by molar-refractivity contribution is -0.137. The zero-order chi connectivity index (χ0) is 18.9. The number of carbonyl (C=O) groups is 2. The molecule has 3 rings (SSSR count). The largest absolute Gasteiger partial charge is 0.491 e. The summed E-state index contributed by atoms with van der Waals surface area (Å²) >= 11 is 0. The number of urea groups is 1. The van der Waals surface area contributed by atoms with Crippen LogP contribution in [0.3, 0.4) is 0 Å². The molecule has 1 aliphatic heterocycles. The summed E-state index contributed by atoms with van der Waals surface area (Å²) in [4.78, 5) is 22.9. The highest BCUT2D eigenvalue weighted by Crippen LogP contribution is 2.31. The Labute approximate surface area is 147 Å². The topological polar surface area (TPSA) is 67.4 Å². The van der Waals surface area contributed by atoms with E-state index in [1.54, 1.807) is 31.2 Å². The first-order valence-corrected chi connectivity index (χ1v) is 7.71. The van der Waals surface area contributed by atoms with Crippen molar-refractivity contribution in [2.75, 3.05) is 6.61 Å². The van der Waals surface area contributed by atoms with E-state index in [2.05, 4.69) is 10.6 Å². The quantitative estimate of drug-likeness (QED) is 0.818. The van der Waals surface area contributed by atoms with Crippen LogP contribution in [0.25, 0.3) is 11.1 Å². The van der Waals surface area contributed by atoms with Crippen LogP contribution in [0.1, 0.15) is 12.5 Å². The zero-order valence-corrected chi connectivity index (χ0v) is 13.7. The zero-order valence-electron chi connectivity index (χ0n) is 13.7. The maximum absolute atomic E-state index is 12.6. The van der Waals surface area contributed by atoms with Gasteiger partial charge in [-0.05, 0) is 42.3 Å². The summed E-state index contributed by atoms with van der Waals surface area (Å²) in [6.07, 6.45) is -4.37. The SMILES string of the molecule is CC1(COc2ccc(-c3ccc(C(F)(F)F)cc3)cc2)NC(=O)NC1=O. The predicted octanol–water partition coefficient (Wildman–Crippen LogP) is 3.35. The number of alkyl halides is 3. The number of nitrogens with one attached hydrogen (secondary N) is 2. The highest BCUT2D eigenvalue weighted by atomic mass is 19.4. The van der Waals surface area contributed by atoms with E-state index in [4.69, 9.17) is 4.74 Å². The summed E-state index contributed by atoms with van der Waals surface area (Å²) in [5, 5.41) is 4.63. The smallest absolute Gasteiger partial charge is 0.416 e. The van der Waals surface area contributed by atoms with Crippen molar-refractivity contribution in [1.29, 1.82) is 0 Å². The van der Waals surface area contributed by atoms with Crippen molar-refractivity contribution in [3.63, 3.8) is 0 Å². The minimum absolute atomic E-state index is 0.0514. The Hall–Kier alpha value is -3.03. The Bertz CT molecular complexity index is 832. The summed E-state index contributed by atoms with van der Waals surface area (Å²) in [6, 6.07) is 11.0. The van der Waals surface area contributed by atoms with Crippen molar-refractivity contribution in [3.05, 3.63) is 54.1 Å². The molecule has 3 amide bonds. The summed E-state index contributed by atoms with van der Waals surface area (Å²) in [7, 11) is 0. The van der Waals surface area contributed by atoms with E-state index in [1.165, 1.54) is 12.1 Å². The normalized spacial score (nSPS) is 19.8. The molecule has 0 aromatic heterocycles. The summed E-state index contributed by atoms with van der Waals surface area (Å²) in [6.45, 7) is 1.49. The molecule has 1 saturated heterocycles. The van der Waals surface area contributed by atoms with Gasteiger partial charge in [0.05, 0.1) is 5.56 Å². The number of rotatable bonds is 4. The number of ether oxygens (including phenoxy) is 1. The first-order chi connectivity index (χ1) is 12.2. The lowest BCUT2D eigenvalue weighted by atomic mass is 10.0. The third kappa shape index (κ3) is 3.63. The van der Waals surface area contributed by atoms with Gasteiger partial charge in [0.1, 0.15) is 12.4 Å². The molecule has 26 heavy (non-hydrogen) atoms. The van der Waals surface area contributed by atoms with Crippen LogP contribution >= 0.6 is 0 Å². The monoisotopic (exact) mass is 364 g/mol. The van der Waals surface area contributed by atoms with Gasteiger partial charge in [-0.15, -0.1) is 0 Å². The molecule has 0 bridgehead atoms. The molecule has 0 spiro atoms. The molecular formula is C18H15F3N2O3. The van der Waals surface area contributed by atoms with Crippen LogP contribution in [-0.2, 0) is 11.0 Å². The van der Waals surface area contributed by atoms with Gasteiger partial charge < -0.3 is 10.1 Å². The van der Waals surface area contributed by atoms with Gasteiger partial charge in [0.25, 0.3) is 5.91 Å². The average Bonchev–Trinajstić information content (AvgIpc) is 2.85. The Morgan fingerprint density at radius 3 is 1.96 bits per heavy atom. The van der Waals surface area contributed by atoms with Crippen molar-refractivity contribution in [3.8, 4) is 16.9 Å². The Morgan fingerprint density at radius 2 is 1.50 bits per heavy atom. The van der Waals surface area contributed by atoms with E-state index in [-0.39, 0.29) is 6.61 Å². The summed E-state index contributed by atoms with van der Waals surface area (Å²) < 4.78 is 43.3. The highest BCUT2D eigenvalue weighted by molar-refractivity contribution is 6.06. The Morgan fingerprint density at radius 1 is 0.962 bits per heavy atom. The van der Waals surface area contributed by atoms with Crippen LogP contribution in [0.2, 0.25) is 0 Å². The molecule has 1 atom stereocenters. The maximum Gasteiger partial charge on any atom is 0.416 e. The molecule has 2 aromatic carbocycles. The van der Waals surface area contributed by atoms with Crippen LogP contribution < -0.4 is 15.4 Å². The molecule has 8 heteroatoms. The molecule has 2 aromatic rings. The van der Waals surface area contributed by atoms with E-state index >= 15 is 0 Å². The first-order valence-electron chi connectivity index (χ1n) is 7.71. The second-order valence-electron chi connectivity index (χ2n) is 6.13. The van der Waals surface area contributed by atoms with Crippen LogP contribution in [0.4, 0.5) is 18.0 Å². The lowest BCUT2D eigenvalue weighted by Gasteiger charge is -2.20. The predicted molar refractivity (Wildman–Crippen MR) is 87.5 cm³/mol. The van der Waals surface area contributed by atoms with E-state index in [0.717, 1.165) is 17.7 Å². The van der Waals surface area contributed by atoms with Crippen molar-refractivity contribution >= 4 is 11.9 Å². The molecule has 2 N–H and O–H groups in total. The number of halogens is 3. The number of amides is 3. The van der Waals surface area contributed by atoms with E-state index in [1.807, 2.05) is 0 Å². The van der Waals surface area contributed by atoms with Gasteiger partial charge in [0.15, 0.2) is 5.54 Å². The molecule has 0 radical (unpaired) electrons. The van der Waals surface area contributed by atoms with Gasteiger partial charge in [0, 0.05) is 0 Å². The van der Waals surface area contributed by atoms with Gasteiger partial charge in [-0.1, -0.05) is 24.3 Å². The number of hydrogen-bond acceptors (Lipinski definition) is 3. The number of benzene rings is 2. The first kappa shape index (κ1) is 17.8. The molecular weight excluding hydrogens is 349 g/mol. The van der Waals surface area contributed by atoms with Crippen molar-refractivity contribution < 1.29 is 27.5 Å². The van der Waals surface area contributed by atoms with Gasteiger partial charge in [0.2, 0.25) is 0 Å². The second kappa shape index (κ2) is 6.36. The standard InChI is InChI=1S/C18H15F3N2O3/c1-17(15(24)22-16(25)23-17)10-26-14-8-4-12(5-9-14)11-2-6-13(7-3-11)18(19,20)21/h2-9H,10H2,1H3,(H2,22,23,24,25). The number of imide groups is 1. The maximum atomic E-state index is 12.6.